The van der Waals surface area contributed by atoms with Crippen LogP contribution in [0.25, 0.3) is 22.6 Å². The molecule has 0 atom stereocenters. The fourth-order valence-electron chi connectivity index (χ4n) is 4.32. The summed E-state index contributed by atoms with van der Waals surface area (Å²) in [6, 6.07) is 20.2. The number of oxazole rings is 1. The molecule has 0 spiro atoms. The summed E-state index contributed by atoms with van der Waals surface area (Å²) >= 11 is 0. The second-order valence-electron chi connectivity index (χ2n) is 8.98. The summed E-state index contributed by atoms with van der Waals surface area (Å²) in [6.45, 7) is 4.51. The number of nitrogens with zero attached hydrogens (tertiary/aromatic N) is 2. The lowest BCUT2D eigenvalue weighted by molar-refractivity contribution is -0.120. The fourth-order valence-corrected chi connectivity index (χ4v) is 5.87. The second kappa shape index (κ2) is 9.28. The van der Waals surface area contributed by atoms with E-state index < -0.39 is 10.0 Å². The maximum absolute atomic E-state index is 13.0. The van der Waals surface area contributed by atoms with Gasteiger partial charge in [-0.25, -0.2) is 13.4 Å². The molecule has 7 nitrogen and oxygen atoms in total. The third-order valence-electron chi connectivity index (χ3n) is 6.63. The van der Waals surface area contributed by atoms with E-state index in [2.05, 4.69) is 10.3 Å². The highest BCUT2D eigenvalue weighted by Gasteiger charge is 2.32. The molecule has 180 valence electrons. The number of piperidine rings is 1. The van der Waals surface area contributed by atoms with Gasteiger partial charge in [-0.05, 0) is 86.3 Å². The Kier molecular flexibility index (Phi) is 6.17. The highest BCUT2D eigenvalue weighted by atomic mass is 32.2. The molecular formula is C27H27N3O4S. The zero-order chi connectivity index (χ0) is 24.6. The molecule has 1 aliphatic heterocycles. The van der Waals surface area contributed by atoms with Crippen LogP contribution in [0.1, 0.15) is 24.0 Å². The molecule has 0 unspecified atom stereocenters. The number of amides is 1. The zero-order valence-electron chi connectivity index (χ0n) is 19.7. The number of aryl methyl sites for hydroxylation is 2. The molecule has 2 heterocycles. The van der Waals surface area contributed by atoms with Gasteiger partial charge in [-0.1, -0.05) is 18.2 Å². The number of rotatable bonds is 5. The van der Waals surface area contributed by atoms with Gasteiger partial charge in [-0.2, -0.15) is 4.31 Å². The number of anilines is 1. The zero-order valence-corrected chi connectivity index (χ0v) is 20.5. The first kappa shape index (κ1) is 23.3. The minimum absolute atomic E-state index is 0.0946. The Balaban J connectivity index is 1.20. The molecule has 0 aliphatic carbocycles. The molecule has 8 heteroatoms. The number of carbonyl (C=O) groups is 1. The van der Waals surface area contributed by atoms with E-state index in [9.17, 15) is 13.2 Å². The van der Waals surface area contributed by atoms with Crippen molar-refractivity contribution < 1.29 is 17.6 Å². The van der Waals surface area contributed by atoms with E-state index in [1.807, 2.05) is 68.4 Å². The largest absolute Gasteiger partial charge is 0.436 e. The molecule has 4 aromatic rings. The molecule has 1 fully saturated rings. The molecule has 1 saturated heterocycles. The number of hydrogen-bond donors (Lipinski definition) is 1. The number of fused-ring (bicyclic) bond motifs is 1. The van der Waals surface area contributed by atoms with Gasteiger partial charge in [0.15, 0.2) is 5.58 Å². The van der Waals surface area contributed by atoms with E-state index in [-0.39, 0.29) is 11.8 Å². The first-order valence-electron chi connectivity index (χ1n) is 11.7. The summed E-state index contributed by atoms with van der Waals surface area (Å²) in [5, 5.41) is 2.96. The predicted molar refractivity (Wildman–Crippen MR) is 135 cm³/mol. The molecule has 0 bridgehead atoms. The van der Waals surface area contributed by atoms with E-state index in [1.165, 1.54) is 4.31 Å². The Labute approximate surface area is 204 Å². The van der Waals surface area contributed by atoms with Gasteiger partial charge < -0.3 is 9.73 Å². The van der Waals surface area contributed by atoms with Crippen LogP contribution in [0.15, 0.2) is 76.0 Å². The van der Waals surface area contributed by atoms with Gasteiger partial charge in [0.1, 0.15) is 5.52 Å². The minimum Gasteiger partial charge on any atom is -0.436 e. The smallest absolute Gasteiger partial charge is 0.243 e. The summed E-state index contributed by atoms with van der Waals surface area (Å²) in [7, 11) is -3.56. The molecule has 35 heavy (non-hydrogen) atoms. The minimum atomic E-state index is -3.56. The summed E-state index contributed by atoms with van der Waals surface area (Å²) in [5.74, 6) is 0.196. The second-order valence-corrected chi connectivity index (χ2v) is 10.9. The van der Waals surface area contributed by atoms with Gasteiger partial charge in [0.25, 0.3) is 0 Å². The van der Waals surface area contributed by atoms with Crippen molar-refractivity contribution >= 4 is 32.7 Å². The van der Waals surface area contributed by atoms with Crippen molar-refractivity contribution in [3.8, 4) is 11.5 Å². The maximum Gasteiger partial charge on any atom is 0.243 e. The summed E-state index contributed by atoms with van der Waals surface area (Å²) in [6.07, 6.45) is 0.966. The third-order valence-corrected chi connectivity index (χ3v) is 8.53. The molecule has 3 aromatic carbocycles. The lowest BCUT2D eigenvalue weighted by Crippen LogP contribution is -2.41. The van der Waals surface area contributed by atoms with Crippen LogP contribution in [0.4, 0.5) is 5.69 Å². The van der Waals surface area contributed by atoms with E-state index in [0.29, 0.717) is 42.4 Å². The Hall–Kier alpha value is -3.49. The number of carbonyl (C=O) groups excluding carboxylic acids is 1. The van der Waals surface area contributed by atoms with Crippen molar-refractivity contribution in [3.63, 3.8) is 0 Å². The van der Waals surface area contributed by atoms with Gasteiger partial charge in [0.2, 0.25) is 21.8 Å². The van der Waals surface area contributed by atoms with Crippen LogP contribution in [-0.2, 0) is 14.8 Å². The predicted octanol–water partition coefficient (Wildman–Crippen LogP) is 5.15. The van der Waals surface area contributed by atoms with E-state index in [0.717, 1.165) is 27.8 Å². The summed E-state index contributed by atoms with van der Waals surface area (Å²) in [5.41, 5.74) is 5.03. The van der Waals surface area contributed by atoms with Crippen molar-refractivity contribution in [1.82, 2.24) is 9.29 Å². The SMILES string of the molecule is Cc1ccc(S(=O)(=O)N2CCC(C(=O)Nc3ccc(-c4nc5ccccc5o4)cc3)CC2)cc1C. The lowest BCUT2D eigenvalue weighted by Gasteiger charge is -2.30. The Morgan fingerprint density at radius 3 is 2.37 bits per heavy atom. The van der Waals surface area contributed by atoms with E-state index >= 15 is 0 Å². The van der Waals surface area contributed by atoms with Crippen molar-refractivity contribution in [2.24, 2.45) is 5.92 Å². The molecular weight excluding hydrogens is 462 g/mol. The van der Waals surface area contributed by atoms with Crippen LogP contribution in [0.3, 0.4) is 0 Å². The van der Waals surface area contributed by atoms with Crippen LogP contribution >= 0.6 is 0 Å². The highest BCUT2D eigenvalue weighted by Crippen LogP contribution is 2.28. The van der Waals surface area contributed by atoms with Crippen LogP contribution in [0.2, 0.25) is 0 Å². The van der Waals surface area contributed by atoms with Crippen molar-refractivity contribution in [2.45, 2.75) is 31.6 Å². The number of nitrogens with one attached hydrogen (secondary N) is 1. The number of hydrogen-bond acceptors (Lipinski definition) is 5. The van der Waals surface area contributed by atoms with Crippen LogP contribution < -0.4 is 5.32 Å². The Morgan fingerprint density at radius 2 is 1.69 bits per heavy atom. The van der Waals surface area contributed by atoms with E-state index in [1.54, 1.807) is 12.1 Å². The molecule has 1 aliphatic rings. The van der Waals surface area contributed by atoms with E-state index in [4.69, 9.17) is 4.42 Å². The van der Waals surface area contributed by atoms with Crippen molar-refractivity contribution in [1.29, 1.82) is 0 Å². The molecule has 0 saturated carbocycles. The van der Waals surface area contributed by atoms with Gasteiger partial charge in [-0.3, -0.25) is 4.79 Å². The third kappa shape index (κ3) is 4.72. The maximum atomic E-state index is 13.0. The quantitative estimate of drug-likeness (QED) is 0.418. The average Bonchev–Trinajstić information content (AvgIpc) is 3.30. The number of para-hydroxylation sites is 2. The molecule has 1 N–H and O–H groups in total. The average molecular weight is 490 g/mol. The number of sulfonamides is 1. The molecule has 1 amide bonds. The highest BCUT2D eigenvalue weighted by molar-refractivity contribution is 7.89. The molecule has 1 aromatic heterocycles. The van der Waals surface area contributed by atoms with Gasteiger partial charge in [0, 0.05) is 30.3 Å². The number of aromatic nitrogens is 1. The van der Waals surface area contributed by atoms with Crippen molar-refractivity contribution in [3.05, 3.63) is 77.9 Å². The van der Waals surface area contributed by atoms with Crippen LogP contribution in [0.5, 0.6) is 0 Å². The standard InChI is InChI=1S/C27H27N3O4S/c1-18-7-12-23(17-19(18)2)35(32,33)30-15-13-20(14-16-30)26(31)28-22-10-8-21(9-11-22)27-29-24-5-3-4-6-25(24)34-27/h3-12,17,20H,13-16H2,1-2H3,(H,28,31). The first-order chi connectivity index (χ1) is 16.8. The summed E-state index contributed by atoms with van der Waals surface area (Å²) in [4.78, 5) is 17.6. The summed E-state index contributed by atoms with van der Waals surface area (Å²) < 4.78 is 33.4. The monoisotopic (exact) mass is 489 g/mol. The molecule has 0 radical (unpaired) electrons. The van der Waals surface area contributed by atoms with Crippen molar-refractivity contribution in [2.75, 3.05) is 18.4 Å². The van der Waals surface area contributed by atoms with Gasteiger partial charge >= 0.3 is 0 Å². The molecule has 5 rings (SSSR count). The van der Waals surface area contributed by atoms with Gasteiger partial charge in [-0.15, -0.1) is 0 Å². The Bertz CT molecular complexity index is 1450. The number of benzene rings is 3. The Morgan fingerprint density at radius 1 is 0.971 bits per heavy atom. The topological polar surface area (TPSA) is 92.5 Å². The lowest BCUT2D eigenvalue weighted by atomic mass is 9.97. The van der Waals surface area contributed by atoms with Crippen LogP contribution in [0, 0.1) is 19.8 Å². The van der Waals surface area contributed by atoms with Gasteiger partial charge in [0.05, 0.1) is 4.90 Å². The van der Waals surface area contributed by atoms with Crippen LogP contribution in [-0.4, -0.2) is 36.7 Å². The fraction of sp³-hybridized carbons (Fsp3) is 0.259. The first-order valence-corrected chi connectivity index (χ1v) is 13.1. The normalized spacial score (nSPS) is 15.4.